The average molecular weight is 205 g/mol. The van der Waals surface area contributed by atoms with Gasteiger partial charge in [-0.2, -0.15) is 0 Å². The summed E-state index contributed by atoms with van der Waals surface area (Å²) in [6.07, 6.45) is 2.84. The van der Waals surface area contributed by atoms with Crippen molar-refractivity contribution in [1.29, 1.82) is 0 Å². The second-order valence-electron chi connectivity index (χ2n) is 4.66. The van der Waals surface area contributed by atoms with Crippen molar-refractivity contribution in [2.24, 2.45) is 11.7 Å². The first-order chi connectivity index (χ1) is 7.16. The molecule has 0 radical (unpaired) electrons. The van der Waals surface area contributed by atoms with Crippen LogP contribution >= 0.6 is 0 Å². The summed E-state index contributed by atoms with van der Waals surface area (Å²) in [7, 11) is 0. The Morgan fingerprint density at radius 2 is 2.07 bits per heavy atom. The van der Waals surface area contributed by atoms with Crippen LogP contribution in [0, 0.1) is 5.92 Å². The Balaban J connectivity index is 2.10. The minimum atomic E-state index is 0.104. The van der Waals surface area contributed by atoms with Gasteiger partial charge in [-0.3, -0.25) is 0 Å². The molecule has 0 amide bonds. The summed E-state index contributed by atoms with van der Waals surface area (Å²) in [5, 5.41) is 0. The van der Waals surface area contributed by atoms with E-state index in [0.717, 1.165) is 5.75 Å². The number of nitrogens with two attached hydrogens (primary N) is 1. The molecule has 0 bridgehead atoms. The van der Waals surface area contributed by atoms with Crippen LogP contribution in [0.1, 0.15) is 38.3 Å². The fraction of sp³-hybridized carbons (Fsp3) is 0.538. The van der Waals surface area contributed by atoms with E-state index in [4.69, 9.17) is 10.5 Å². The largest absolute Gasteiger partial charge is 0.490 e. The van der Waals surface area contributed by atoms with Gasteiger partial charge in [0, 0.05) is 6.04 Å². The number of ether oxygens (including phenoxy) is 1. The summed E-state index contributed by atoms with van der Waals surface area (Å²) in [6, 6.07) is 8.28. The SMILES string of the molecule is CC(C)C(N)c1cccc(OC2CC2)c1. The molecule has 0 spiro atoms. The van der Waals surface area contributed by atoms with E-state index in [1.807, 2.05) is 12.1 Å². The van der Waals surface area contributed by atoms with Crippen LogP contribution in [0.5, 0.6) is 5.75 Å². The fourth-order valence-corrected chi connectivity index (χ4v) is 1.56. The van der Waals surface area contributed by atoms with E-state index in [2.05, 4.69) is 26.0 Å². The highest BCUT2D eigenvalue weighted by molar-refractivity contribution is 5.31. The lowest BCUT2D eigenvalue weighted by molar-refractivity contribution is 0.302. The van der Waals surface area contributed by atoms with Gasteiger partial charge in [-0.1, -0.05) is 26.0 Å². The summed E-state index contributed by atoms with van der Waals surface area (Å²) in [5.41, 5.74) is 7.27. The van der Waals surface area contributed by atoms with E-state index < -0.39 is 0 Å². The monoisotopic (exact) mass is 205 g/mol. The third kappa shape index (κ3) is 2.72. The van der Waals surface area contributed by atoms with E-state index in [9.17, 15) is 0 Å². The molecule has 0 saturated heterocycles. The van der Waals surface area contributed by atoms with Crippen LogP contribution in [0.4, 0.5) is 0 Å². The van der Waals surface area contributed by atoms with E-state index in [1.54, 1.807) is 0 Å². The molecule has 1 aliphatic carbocycles. The van der Waals surface area contributed by atoms with Crippen molar-refractivity contribution in [3.05, 3.63) is 29.8 Å². The van der Waals surface area contributed by atoms with Crippen molar-refractivity contribution >= 4 is 0 Å². The summed E-state index contributed by atoms with van der Waals surface area (Å²) in [5.74, 6) is 1.42. The molecule has 82 valence electrons. The van der Waals surface area contributed by atoms with Gasteiger partial charge in [0.15, 0.2) is 0 Å². The highest BCUT2D eigenvalue weighted by Gasteiger charge is 2.23. The van der Waals surface area contributed by atoms with Crippen molar-refractivity contribution < 1.29 is 4.74 Å². The maximum absolute atomic E-state index is 6.10. The van der Waals surface area contributed by atoms with Gasteiger partial charge in [0.25, 0.3) is 0 Å². The zero-order valence-corrected chi connectivity index (χ0v) is 9.44. The minimum absolute atomic E-state index is 0.104. The molecule has 1 aromatic rings. The maximum Gasteiger partial charge on any atom is 0.120 e. The maximum atomic E-state index is 6.10. The molecule has 1 unspecified atom stereocenters. The summed E-state index contributed by atoms with van der Waals surface area (Å²) in [6.45, 7) is 4.28. The Bertz CT molecular complexity index is 331. The van der Waals surface area contributed by atoms with Gasteiger partial charge in [0.2, 0.25) is 0 Å². The third-order valence-electron chi connectivity index (χ3n) is 2.79. The number of rotatable bonds is 4. The number of hydrogen-bond donors (Lipinski definition) is 1. The quantitative estimate of drug-likeness (QED) is 0.820. The van der Waals surface area contributed by atoms with Gasteiger partial charge in [0.05, 0.1) is 6.10 Å². The van der Waals surface area contributed by atoms with E-state index in [0.29, 0.717) is 12.0 Å². The van der Waals surface area contributed by atoms with Gasteiger partial charge < -0.3 is 10.5 Å². The molecule has 2 N–H and O–H groups in total. The standard InChI is InChI=1S/C13H19NO/c1-9(2)13(14)10-4-3-5-12(8-10)15-11-6-7-11/h3-5,8-9,11,13H,6-7,14H2,1-2H3. The molecule has 0 heterocycles. The first kappa shape index (κ1) is 10.5. The van der Waals surface area contributed by atoms with Crippen LogP contribution in [0.3, 0.4) is 0 Å². The van der Waals surface area contributed by atoms with E-state index in [-0.39, 0.29) is 6.04 Å². The molecule has 0 aliphatic heterocycles. The molecule has 2 nitrogen and oxygen atoms in total. The first-order valence-electron chi connectivity index (χ1n) is 5.69. The second kappa shape index (κ2) is 4.23. The van der Waals surface area contributed by atoms with Gasteiger partial charge in [-0.15, -0.1) is 0 Å². The third-order valence-corrected chi connectivity index (χ3v) is 2.79. The molecule has 1 atom stereocenters. The van der Waals surface area contributed by atoms with E-state index in [1.165, 1.54) is 18.4 Å². The molecule has 1 aromatic carbocycles. The van der Waals surface area contributed by atoms with Crippen LogP contribution < -0.4 is 10.5 Å². The highest BCUT2D eigenvalue weighted by Crippen LogP contribution is 2.29. The van der Waals surface area contributed by atoms with Gasteiger partial charge >= 0.3 is 0 Å². The predicted octanol–water partition coefficient (Wildman–Crippen LogP) is 2.88. The highest BCUT2D eigenvalue weighted by atomic mass is 16.5. The lowest BCUT2D eigenvalue weighted by atomic mass is 9.97. The van der Waals surface area contributed by atoms with Crippen LogP contribution in [0.15, 0.2) is 24.3 Å². The first-order valence-corrected chi connectivity index (χ1v) is 5.69. The molecule has 15 heavy (non-hydrogen) atoms. The van der Waals surface area contributed by atoms with Crippen molar-refractivity contribution in [3.63, 3.8) is 0 Å². The van der Waals surface area contributed by atoms with Crippen LogP contribution in [0.25, 0.3) is 0 Å². The van der Waals surface area contributed by atoms with Gasteiger partial charge in [0.1, 0.15) is 5.75 Å². The lowest BCUT2D eigenvalue weighted by Crippen LogP contribution is -2.16. The molecular weight excluding hydrogens is 186 g/mol. The van der Waals surface area contributed by atoms with Crippen LogP contribution in [-0.2, 0) is 0 Å². The Kier molecular flexibility index (Phi) is 2.96. The molecule has 2 rings (SSSR count). The second-order valence-corrected chi connectivity index (χ2v) is 4.66. The normalized spacial score (nSPS) is 17.9. The predicted molar refractivity (Wildman–Crippen MR) is 61.9 cm³/mol. The van der Waals surface area contributed by atoms with Crippen LogP contribution in [0.2, 0.25) is 0 Å². The Labute approximate surface area is 91.4 Å². The summed E-state index contributed by atoms with van der Waals surface area (Å²) < 4.78 is 5.74. The van der Waals surface area contributed by atoms with Crippen molar-refractivity contribution in [2.75, 3.05) is 0 Å². The van der Waals surface area contributed by atoms with Crippen molar-refractivity contribution in [3.8, 4) is 5.75 Å². The minimum Gasteiger partial charge on any atom is -0.490 e. The topological polar surface area (TPSA) is 35.2 Å². The molecular formula is C13H19NO. The molecule has 0 aromatic heterocycles. The Hall–Kier alpha value is -1.02. The molecule has 1 fully saturated rings. The Morgan fingerprint density at radius 3 is 2.67 bits per heavy atom. The molecule has 2 heteroatoms. The smallest absolute Gasteiger partial charge is 0.120 e. The Morgan fingerprint density at radius 1 is 1.33 bits per heavy atom. The molecule has 1 saturated carbocycles. The number of benzene rings is 1. The molecule has 1 aliphatic rings. The number of hydrogen-bond acceptors (Lipinski definition) is 2. The fourth-order valence-electron chi connectivity index (χ4n) is 1.56. The zero-order valence-electron chi connectivity index (χ0n) is 9.44. The summed E-state index contributed by atoms with van der Waals surface area (Å²) >= 11 is 0. The van der Waals surface area contributed by atoms with Gasteiger partial charge in [-0.25, -0.2) is 0 Å². The van der Waals surface area contributed by atoms with Gasteiger partial charge in [-0.05, 0) is 36.5 Å². The van der Waals surface area contributed by atoms with E-state index >= 15 is 0 Å². The van der Waals surface area contributed by atoms with Crippen molar-refractivity contribution in [2.45, 2.75) is 38.8 Å². The summed E-state index contributed by atoms with van der Waals surface area (Å²) in [4.78, 5) is 0. The zero-order chi connectivity index (χ0) is 10.8. The van der Waals surface area contributed by atoms with Crippen LogP contribution in [-0.4, -0.2) is 6.10 Å². The lowest BCUT2D eigenvalue weighted by Gasteiger charge is -2.16. The van der Waals surface area contributed by atoms with Crippen molar-refractivity contribution in [1.82, 2.24) is 0 Å². The average Bonchev–Trinajstić information content (AvgIpc) is 3.01.